The first-order chi connectivity index (χ1) is 14.1. The molecule has 0 spiro atoms. The van der Waals surface area contributed by atoms with Crippen molar-refractivity contribution in [1.29, 1.82) is 0 Å². The van der Waals surface area contributed by atoms with Crippen molar-refractivity contribution in [2.24, 2.45) is 0 Å². The van der Waals surface area contributed by atoms with Gasteiger partial charge in [0.2, 0.25) is 0 Å². The molecule has 1 aliphatic rings. The third-order valence-corrected chi connectivity index (χ3v) is 5.42. The Hall–Kier alpha value is -2.75. The standard InChI is InChI=1S/C19H16ClFN6O2.ClH/c20-13-3-1-2-11(16(13)21)18-25-26-19(29-18)12-9-23-27-14(8-15(28)24-17(12)27)10-4-6-22-7-5-10;/h1-3,8-10,22H,4-7H2,(H,24,28);1H. The molecule has 1 fully saturated rings. The summed E-state index contributed by atoms with van der Waals surface area (Å²) in [5, 5.41) is 15.7. The van der Waals surface area contributed by atoms with Crippen LogP contribution >= 0.6 is 24.0 Å². The lowest BCUT2D eigenvalue weighted by molar-refractivity contribution is 0.446. The molecule has 11 heteroatoms. The maximum absolute atomic E-state index is 14.3. The normalized spacial score (nSPS) is 14.7. The van der Waals surface area contributed by atoms with Gasteiger partial charge in [0.15, 0.2) is 5.82 Å². The van der Waals surface area contributed by atoms with E-state index in [1.807, 2.05) is 0 Å². The molecule has 0 saturated carbocycles. The number of hydrogen-bond donors (Lipinski definition) is 2. The zero-order valence-corrected chi connectivity index (χ0v) is 17.1. The molecule has 1 saturated heterocycles. The first-order valence-corrected chi connectivity index (χ1v) is 9.59. The fraction of sp³-hybridized carbons (Fsp3) is 0.263. The molecule has 0 unspecified atom stereocenters. The predicted molar refractivity (Wildman–Crippen MR) is 112 cm³/mol. The molecule has 4 heterocycles. The van der Waals surface area contributed by atoms with Crippen molar-refractivity contribution >= 4 is 29.7 Å². The maximum atomic E-state index is 14.3. The zero-order chi connectivity index (χ0) is 20.0. The second-order valence-electron chi connectivity index (χ2n) is 6.92. The summed E-state index contributed by atoms with van der Waals surface area (Å²) in [6.45, 7) is 1.79. The van der Waals surface area contributed by atoms with Crippen LogP contribution in [0.1, 0.15) is 24.5 Å². The van der Waals surface area contributed by atoms with E-state index in [4.69, 9.17) is 16.0 Å². The van der Waals surface area contributed by atoms with Crippen LogP contribution in [0.25, 0.3) is 28.6 Å². The molecule has 30 heavy (non-hydrogen) atoms. The molecule has 3 aromatic heterocycles. The SMILES string of the molecule is Cl.O=c1cc(C2CCNCC2)n2ncc(-c3nnc(-c4cccc(Cl)c4F)o3)c2[nH]1. The van der Waals surface area contributed by atoms with Crippen molar-refractivity contribution in [2.45, 2.75) is 18.8 Å². The van der Waals surface area contributed by atoms with Gasteiger partial charge in [-0.25, -0.2) is 8.91 Å². The largest absolute Gasteiger partial charge is 0.416 e. The van der Waals surface area contributed by atoms with Gasteiger partial charge in [-0.2, -0.15) is 5.10 Å². The molecule has 0 atom stereocenters. The molecule has 0 radical (unpaired) electrons. The number of aromatic amines is 1. The number of hydrogen-bond acceptors (Lipinski definition) is 6. The Bertz CT molecular complexity index is 1260. The van der Waals surface area contributed by atoms with E-state index in [2.05, 4.69) is 25.6 Å². The van der Waals surface area contributed by atoms with E-state index in [0.29, 0.717) is 11.2 Å². The highest BCUT2D eigenvalue weighted by Gasteiger charge is 2.23. The minimum Gasteiger partial charge on any atom is -0.416 e. The van der Waals surface area contributed by atoms with Crippen molar-refractivity contribution in [2.75, 3.05) is 13.1 Å². The number of benzene rings is 1. The van der Waals surface area contributed by atoms with Gasteiger partial charge in [-0.1, -0.05) is 17.7 Å². The van der Waals surface area contributed by atoms with Gasteiger partial charge in [-0.15, -0.1) is 22.6 Å². The summed E-state index contributed by atoms with van der Waals surface area (Å²) >= 11 is 5.83. The zero-order valence-electron chi connectivity index (χ0n) is 15.6. The van der Waals surface area contributed by atoms with E-state index in [0.717, 1.165) is 31.6 Å². The van der Waals surface area contributed by atoms with Gasteiger partial charge in [0, 0.05) is 12.0 Å². The molecule has 1 aromatic carbocycles. The van der Waals surface area contributed by atoms with Crippen LogP contribution in [0, 0.1) is 5.82 Å². The first kappa shape index (κ1) is 20.5. The lowest BCUT2D eigenvalue weighted by Crippen LogP contribution is -2.28. The number of rotatable bonds is 3. The van der Waals surface area contributed by atoms with Crippen LogP contribution in [-0.4, -0.2) is 37.9 Å². The Morgan fingerprint density at radius 3 is 2.67 bits per heavy atom. The molecule has 0 bridgehead atoms. The summed E-state index contributed by atoms with van der Waals surface area (Å²) in [5.41, 5.74) is 1.66. The van der Waals surface area contributed by atoms with E-state index < -0.39 is 5.82 Å². The highest BCUT2D eigenvalue weighted by molar-refractivity contribution is 6.31. The van der Waals surface area contributed by atoms with E-state index in [-0.39, 0.29) is 46.3 Å². The smallest absolute Gasteiger partial charge is 0.253 e. The van der Waals surface area contributed by atoms with Gasteiger partial charge in [0.05, 0.1) is 22.5 Å². The molecule has 2 N–H and O–H groups in total. The van der Waals surface area contributed by atoms with Gasteiger partial charge in [0.1, 0.15) is 11.2 Å². The number of aromatic nitrogens is 5. The van der Waals surface area contributed by atoms with E-state index in [1.54, 1.807) is 22.8 Å². The maximum Gasteiger partial charge on any atom is 0.253 e. The van der Waals surface area contributed by atoms with Crippen LogP contribution in [0.2, 0.25) is 5.02 Å². The van der Waals surface area contributed by atoms with Crippen molar-refractivity contribution in [3.63, 3.8) is 0 Å². The van der Waals surface area contributed by atoms with Crippen molar-refractivity contribution in [3.8, 4) is 22.9 Å². The molecule has 8 nitrogen and oxygen atoms in total. The quantitative estimate of drug-likeness (QED) is 0.495. The van der Waals surface area contributed by atoms with E-state index in [1.165, 1.54) is 12.1 Å². The van der Waals surface area contributed by atoms with Crippen LogP contribution in [-0.2, 0) is 0 Å². The number of nitrogens with zero attached hydrogens (tertiary/aromatic N) is 4. The molecule has 0 aliphatic carbocycles. The summed E-state index contributed by atoms with van der Waals surface area (Å²) in [7, 11) is 0. The lowest BCUT2D eigenvalue weighted by Gasteiger charge is -2.23. The van der Waals surface area contributed by atoms with E-state index in [9.17, 15) is 9.18 Å². The van der Waals surface area contributed by atoms with Crippen molar-refractivity contribution < 1.29 is 8.81 Å². The number of halogens is 3. The van der Waals surface area contributed by atoms with Gasteiger partial charge in [-0.3, -0.25) is 4.79 Å². The lowest BCUT2D eigenvalue weighted by atomic mass is 9.94. The number of piperidine rings is 1. The van der Waals surface area contributed by atoms with Crippen LogP contribution in [0.15, 0.2) is 39.7 Å². The molecule has 156 valence electrons. The van der Waals surface area contributed by atoms with Crippen LogP contribution in [0.4, 0.5) is 4.39 Å². The minimum absolute atomic E-state index is 0. The fourth-order valence-corrected chi connectivity index (χ4v) is 3.86. The monoisotopic (exact) mass is 450 g/mol. The fourth-order valence-electron chi connectivity index (χ4n) is 3.69. The average Bonchev–Trinajstić information content (AvgIpc) is 3.37. The number of fused-ring (bicyclic) bond motifs is 1. The summed E-state index contributed by atoms with van der Waals surface area (Å²) in [6, 6.07) is 6.13. The first-order valence-electron chi connectivity index (χ1n) is 9.22. The van der Waals surface area contributed by atoms with Gasteiger partial charge >= 0.3 is 0 Å². The van der Waals surface area contributed by atoms with E-state index >= 15 is 0 Å². The Kier molecular flexibility index (Phi) is 5.59. The topological polar surface area (TPSA) is 101 Å². The molecular weight excluding hydrogens is 434 g/mol. The summed E-state index contributed by atoms with van der Waals surface area (Å²) in [4.78, 5) is 15.1. The van der Waals surface area contributed by atoms with Crippen molar-refractivity contribution in [1.82, 2.24) is 30.1 Å². The third-order valence-electron chi connectivity index (χ3n) is 5.13. The molecule has 0 amide bonds. The highest BCUT2D eigenvalue weighted by atomic mass is 35.5. The predicted octanol–water partition coefficient (Wildman–Crippen LogP) is 3.42. The Morgan fingerprint density at radius 1 is 1.17 bits per heavy atom. The Balaban J connectivity index is 0.00000218. The highest BCUT2D eigenvalue weighted by Crippen LogP contribution is 2.31. The summed E-state index contributed by atoms with van der Waals surface area (Å²) in [5.74, 6) is -0.276. The molecule has 1 aliphatic heterocycles. The number of nitrogens with one attached hydrogen (secondary N) is 2. The van der Waals surface area contributed by atoms with Gasteiger partial charge in [-0.05, 0) is 38.1 Å². The van der Waals surface area contributed by atoms with Gasteiger partial charge in [0.25, 0.3) is 17.3 Å². The Morgan fingerprint density at radius 2 is 1.90 bits per heavy atom. The third kappa shape index (κ3) is 3.49. The van der Waals surface area contributed by atoms with Crippen LogP contribution in [0.5, 0.6) is 0 Å². The summed E-state index contributed by atoms with van der Waals surface area (Å²) < 4.78 is 21.7. The second-order valence-corrected chi connectivity index (χ2v) is 7.32. The van der Waals surface area contributed by atoms with Gasteiger partial charge < -0.3 is 14.7 Å². The molecular formula is C19H17Cl2FN6O2. The van der Waals surface area contributed by atoms with Crippen LogP contribution < -0.4 is 10.9 Å². The molecule has 5 rings (SSSR count). The Labute approximate surface area is 180 Å². The second kappa shape index (κ2) is 8.17. The average molecular weight is 451 g/mol. The minimum atomic E-state index is -0.633. The summed E-state index contributed by atoms with van der Waals surface area (Å²) in [6.07, 6.45) is 3.40. The molecule has 4 aromatic rings. The number of H-pyrrole nitrogens is 1. The van der Waals surface area contributed by atoms with Crippen molar-refractivity contribution in [3.05, 3.63) is 57.3 Å². The van der Waals surface area contributed by atoms with Crippen LogP contribution in [0.3, 0.4) is 0 Å².